The van der Waals surface area contributed by atoms with Crippen LogP contribution in [0.2, 0.25) is 0 Å². The first-order valence-corrected chi connectivity index (χ1v) is 9.90. The minimum atomic E-state index is -0.282. The Kier molecular flexibility index (Phi) is 8.73. The fraction of sp³-hybridized carbons (Fsp3) is 0.600. The van der Waals surface area contributed by atoms with Crippen LogP contribution < -0.4 is 11.1 Å². The fourth-order valence-electron chi connectivity index (χ4n) is 3.72. The van der Waals surface area contributed by atoms with Crippen molar-refractivity contribution in [2.75, 3.05) is 51.6 Å². The van der Waals surface area contributed by atoms with Crippen LogP contribution >= 0.6 is 24.8 Å². The normalized spacial score (nSPS) is 19.7. The van der Waals surface area contributed by atoms with E-state index in [9.17, 15) is 0 Å². The SMILES string of the molecule is CN1CCN(CC2(CNc3nnc([C@H](N)Cc4ccccc4)o3)CC2)CC1.Cl.Cl. The fourth-order valence-corrected chi connectivity index (χ4v) is 3.72. The van der Waals surface area contributed by atoms with Crippen LogP contribution in [0.25, 0.3) is 0 Å². The number of likely N-dealkylation sites (N-methyl/N-ethyl adjacent to an activating group) is 1. The highest BCUT2D eigenvalue weighted by molar-refractivity contribution is 5.85. The molecule has 2 heterocycles. The molecule has 1 aliphatic heterocycles. The summed E-state index contributed by atoms with van der Waals surface area (Å²) in [4.78, 5) is 4.98. The number of rotatable bonds is 8. The van der Waals surface area contributed by atoms with E-state index in [2.05, 4.69) is 44.5 Å². The molecule has 0 radical (unpaired) electrons. The van der Waals surface area contributed by atoms with Crippen molar-refractivity contribution >= 4 is 30.8 Å². The van der Waals surface area contributed by atoms with Crippen LogP contribution in [0.1, 0.15) is 30.3 Å². The molecule has 2 aromatic rings. The molecule has 1 aromatic carbocycles. The quantitative estimate of drug-likeness (QED) is 0.649. The van der Waals surface area contributed by atoms with Crippen molar-refractivity contribution in [1.82, 2.24) is 20.0 Å². The first kappa shape index (κ1) is 23.9. The number of anilines is 1. The Hall–Kier alpha value is -1.38. The van der Waals surface area contributed by atoms with Gasteiger partial charge in [0, 0.05) is 44.7 Å². The number of piperazine rings is 1. The van der Waals surface area contributed by atoms with Gasteiger partial charge in [-0.25, -0.2) is 0 Å². The van der Waals surface area contributed by atoms with Gasteiger partial charge in [-0.1, -0.05) is 35.4 Å². The molecule has 7 nitrogen and oxygen atoms in total. The van der Waals surface area contributed by atoms with Crippen LogP contribution in [-0.4, -0.2) is 66.3 Å². The largest absolute Gasteiger partial charge is 0.406 e. The van der Waals surface area contributed by atoms with Gasteiger partial charge in [0.15, 0.2) is 0 Å². The van der Waals surface area contributed by atoms with Gasteiger partial charge in [-0.05, 0) is 31.9 Å². The molecule has 2 aliphatic rings. The molecule has 1 atom stereocenters. The second-order valence-corrected chi connectivity index (χ2v) is 8.17. The van der Waals surface area contributed by atoms with Crippen LogP contribution in [0.5, 0.6) is 0 Å². The van der Waals surface area contributed by atoms with Crippen LogP contribution in [-0.2, 0) is 6.42 Å². The summed E-state index contributed by atoms with van der Waals surface area (Å²) in [6, 6.07) is 10.3. The van der Waals surface area contributed by atoms with Crippen molar-refractivity contribution in [3.8, 4) is 0 Å². The molecule has 9 heteroatoms. The van der Waals surface area contributed by atoms with Gasteiger partial charge in [-0.3, -0.25) is 0 Å². The van der Waals surface area contributed by atoms with Gasteiger partial charge in [0.25, 0.3) is 0 Å². The van der Waals surface area contributed by atoms with Crippen LogP contribution in [0, 0.1) is 5.41 Å². The Labute approximate surface area is 185 Å². The van der Waals surface area contributed by atoms with E-state index in [0.29, 0.717) is 23.7 Å². The first-order chi connectivity index (χ1) is 13.1. The second kappa shape index (κ2) is 10.6. The Morgan fingerprint density at radius 3 is 2.45 bits per heavy atom. The summed E-state index contributed by atoms with van der Waals surface area (Å²) >= 11 is 0. The lowest BCUT2D eigenvalue weighted by Crippen LogP contribution is -2.47. The molecule has 4 rings (SSSR count). The van der Waals surface area contributed by atoms with Gasteiger partial charge in [0.05, 0.1) is 6.04 Å². The minimum absolute atomic E-state index is 0. The zero-order valence-electron chi connectivity index (χ0n) is 16.9. The number of hydrogen-bond acceptors (Lipinski definition) is 7. The van der Waals surface area contributed by atoms with Crippen molar-refractivity contribution in [2.45, 2.75) is 25.3 Å². The predicted octanol–water partition coefficient (Wildman–Crippen LogP) is 2.60. The van der Waals surface area contributed by atoms with E-state index in [4.69, 9.17) is 10.2 Å². The number of nitrogens with two attached hydrogens (primary N) is 1. The van der Waals surface area contributed by atoms with E-state index in [-0.39, 0.29) is 30.9 Å². The molecule has 0 amide bonds. The third kappa shape index (κ3) is 6.55. The molecule has 1 aromatic heterocycles. The smallest absolute Gasteiger partial charge is 0.315 e. The van der Waals surface area contributed by atoms with Crippen molar-refractivity contribution in [3.63, 3.8) is 0 Å². The molecular formula is C20H32Cl2N6O. The summed E-state index contributed by atoms with van der Waals surface area (Å²) in [5.74, 6) is 0.491. The highest BCUT2D eigenvalue weighted by atomic mass is 35.5. The molecular weight excluding hydrogens is 411 g/mol. The van der Waals surface area contributed by atoms with Gasteiger partial charge in [-0.15, -0.1) is 29.9 Å². The molecule has 0 spiro atoms. The van der Waals surface area contributed by atoms with Gasteiger partial charge in [0.1, 0.15) is 0 Å². The summed E-state index contributed by atoms with van der Waals surface area (Å²) in [5, 5.41) is 11.6. The van der Waals surface area contributed by atoms with Gasteiger partial charge < -0.3 is 25.3 Å². The lowest BCUT2D eigenvalue weighted by molar-refractivity contribution is 0.133. The molecule has 0 bridgehead atoms. The van der Waals surface area contributed by atoms with Crippen molar-refractivity contribution in [2.24, 2.45) is 11.1 Å². The third-order valence-electron chi connectivity index (χ3n) is 5.78. The zero-order chi connectivity index (χ0) is 18.7. The molecule has 2 fully saturated rings. The first-order valence-electron chi connectivity index (χ1n) is 9.90. The van der Waals surface area contributed by atoms with Crippen molar-refractivity contribution in [1.29, 1.82) is 0 Å². The maximum Gasteiger partial charge on any atom is 0.315 e. The summed E-state index contributed by atoms with van der Waals surface area (Å²) in [6.07, 6.45) is 3.22. The van der Waals surface area contributed by atoms with Gasteiger partial charge in [0.2, 0.25) is 5.89 Å². The molecule has 1 saturated heterocycles. The lowest BCUT2D eigenvalue weighted by Gasteiger charge is -2.34. The summed E-state index contributed by atoms with van der Waals surface area (Å²) < 4.78 is 5.77. The van der Waals surface area contributed by atoms with E-state index in [1.165, 1.54) is 18.4 Å². The Balaban J connectivity index is 0.00000150. The number of benzene rings is 1. The molecule has 1 saturated carbocycles. The number of hydrogen-bond donors (Lipinski definition) is 2. The number of aromatic nitrogens is 2. The maximum absolute atomic E-state index is 6.23. The van der Waals surface area contributed by atoms with E-state index in [0.717, 1.165) is 39.3 Å². The molecule has 3 N–H and O–H groups in total. The number of nitrogens with zero attached hydrogens (tertiary/aromatic N) is 4. The van der Waals surface area contributed by atoms with Crippen molar-refractivity contribution < 1.29 is 4.42 Å². The van der Waals surface area contributed by atoms with E-state index >= 15 is 0 Å². The summed E-state index contributed by atoms with van der Waals surface area (Å²) in [7, 11) is 2.20. The standard InChI is InChI=1S/C20H30N6O.2ClH/c1-25-9-11-26(12-10-25)15-20(7-8-20)14-22-19-24-23-18(27-19)17(21)13-16-5-3-2-4-6-16;;/h2-6,17H,7-15,21H2,1H3,(H,22,24);2*1H/t17-;;/m1../s1. The monoisotopic (exact) mass is 442 g/mol. The van der Waals surface area contributed by atoms with Gasteiger partial charge >= 0.3 is 6.01 Å². The summed E-state index contributed by atoms with van der Waals surface area (Å²) in [5.41, 5.74) is 7.76. The molecule has 0 unspecified atom stereocenters. The Morgan fingerprint density at radius 1 is 1.10 bits per heavy atom. The highest BCUT2D eigenvalue weighted by Gasteiger charge is 2.44. The third-order valence-corrected chi connectivity index (χ3v) is 5.78. The maximum atomic E-state index is 6.23. The number of halogens is 2. The van der Waals surface area contributed by atoms with Crippen LogP contribution in [0.3, 0.4) is 0 Å². The van der Waals surface area contributed by atoms with Crippen molar-refractivity contribution in [3.05, 3.63) is 41.8 Å². The molecule has 1 aliphatic carbocycles. The molecule has 162 valence electrons. The average molecular weight is 443 g/mol. The van der Waals surface area contributed by atoms with Gasteiger partial charge in [-0.2, -0.15) is 0 Å². The van der Waals surface area contributed by atoms with Crippen LogP contribution in [0.4, 0.5) is 6.01 Å². The predicted molar refractivity (Wildman–Crippen MR) is 120 cm³/mol. The van der Waals surface area contributed by atoms with E-state index in [1.807, 2.05) is 18.2 Å². The number of nitrogens with one attached hydrogen (secondary N) is 1. The molecule has 29 heavy (non-hydrogen) atoms. The average Bonchev–Trinajstić information content (AvgIpc) is 3.27. The topological polar surface area (TPSA) is 83.5 Å². The van der Waals surface area contributed by atoms with E-state index < -0.39 is 0 Å². The Bertz CT molecular complexity index is 732. The lowest BCUT2D eigenvalue weighted by atomic mass is 10.1. The van der Waals surface area contributed by atoms with Crippen LogP contribution in [0.15, 0.2) is 34.7 Å². The minimum Gasteiger partial charge on any atom is -0.406 e. The zero-order valence-corrected chi connectivity index (χ0v) is 18.6. The Morgan fingerprint density at radius 2 is 1.79 bits per heavy atom. The van der Waals surface area contributed by atoms with E-state index in [1.54, 1.807) is 0 Å². The summed E-state index contributed by atoms with van der Waals surface area (Å²) in [6.45, 7) is 6.69. The highest BCUT2D eigenvalue weighted by Crippen LogP contribution is 2.46. The second-order valence-electron chi connectivity index (χ2n) is 8.17.